The van der Waals surface area contributed by atoms with Crippen molar-refractivity contribution in [2.45, 2.75) is 16.7 Å². The van der Waals surface area contributed by atoms with Crippen LogP contribution in [0.4, 0.5) is 11.4 Å². The van der Waals surface area contributed by atoms with Crippen molar-refractivity contribution in [1.29, 1.82) is 0 Å². The van der Waals surface area contributed by atoms with E-state index in [4.69, 9.17) is 21.4 Å². The van der Waals surface area contributed by atoms with E-state index < -0.39 is 0 Å². The van der Waals surface area contributed by atoms with Gasteiger partial charge in [0.15, 0.2) is 0 Å². The Balaban J connectivity index is 1.34. The SMILES string of the molecule is CC(CN1CCN(CCOCCO)CC1)CN1c2ccccc2Sc2ccc(Cl)cc21. The minimum absolute atomic E-state index is 0.0997. The molecule has 31 heavy (non-hydrogen) atoms. The van der Waals surface area contributed by atoms with Crippen LogP contribution in [0, 0.1) is 5.92 Å². The number of hydrogen-bond donors (Lipinski definition) is 1. The standard InChI is InChI=1S/C24H32ClN3O2S/c1-19(17-27-10-8-26(9-11-27)12-14-30-15-13-29)18-28-21-4-2-3-5-23(21)31-24-7-6-20(25)16-22(24)28/h2-7,16,19,29H,8-15,17-18H2,1H3. The summed E-state index contributed by atoms with van der Waals surface area (Å²) in [7, 11) is 0. The van der Waals surface area contributed by atoms with Gasteiger partial charge in [-0.15, -0.1) is 0 Å². The van der Waals surface area contributed by atoms with Gasteiger partial charge < -0.3 is 19.6 Å². The summed E-state index contributed by atoms with van der Waals surface area (Å²) in [6.07, 6.45) is 0. The molecule has 2 aromatic rings. The van der Waals surface area contributed by atoms with Crippen LogP contribution in [0.25, 0.3) is 0 Å². The molecule has 0 bridgehead atoms. The van der Waals surface area contributed by atoms with Crippen LogP contribution in [0.2, 0.25) is 5.02 Å². The summed E-state index contributed by atoms with van der Waals surface area (Å²) < 4.78 is 5.41. The molecule has 4 rings (SSSR count). The molecule has 168 valence electrons. The van der Waals surface area contributed by atoms with Gasteiger partial charge in [0, 0.05) is 60.6 Å². The maximum Gasteiger partial charge on any atom is 0.0698 e. The zero-order chi connectivity index (χ0) is 21.6. The topological polar surface area (TPSA) is 39.2 Å². The first-order valence-electron chi connectivity index (χ1n) is 11.1. The van der Waals surface area contributed by atoms with Crippen molar-refractivity contribution in [1.82, 2.24) is 9.80 Å². The second kappa shape index (κ2) is 11.0. The molecule has 0 aliphatic carbocycles. The molecular formula is C24H32ClN3O2S. The van der Waals surface area contributed by atoms with Gasteiger partial charge in [0.25, 0.3) is 0 Å². The first-order chi connectivity index (χ1) is 15.1. The fraction of sp³-hybridized carbons (Fsp3) is 0.500. The molecule has 2 aliphatic rings. The molecule has 2 heterocycles. The first-order valence-corrected chi connectivity index (χ1v) is 12.3. The highest BCUT2D eigenvalue weighted by molar-refractivity contribution is 7.99. The molecule has 1 fully saturated rings. The Kier molecular flexibility index (Phi) is 8.15. The van der Waals surface area contributed by atoms with Gasteiger partial charge in [-0.25, -0.2) is 0 Å². The first kappa shape index (κ1) is 22.9. The number of ether oxygens (including phenoxy) is 1. The molecule has 2 aliphatic heterocycles. The number of nitrogens with zero attached hydrogens (tertiary/aromatic N) is 3. The fourth-order valence-electron chi connectivity index (χ4n) is 4.37. The number of piperazine rings is 1. The number of benzene rings is 2. The monoisotopic (exact) mass is 461 g/mol. The van der Waals surface area contributed by atoms with E-state index in [1.54, 1.807) is 0 Å². The van der Waals surface area contributed by atoms with E-state index >= 15 is 0 Å². The Morgan fingerprint density at radius 2 is 1.71 bits per heavy atom. The van der Waals surface area contributed by atoms with Gasteiger partial charge >= 0.3 is 0 Å². The van der Waals surface area contributed by atoms with Crippen molar-refractivity contribution in [3.63, 3.8) is 0 Å². The average molecular weight is 462 g/mol. The number of aliphatic hydroxyl groups excluding tert-OH is 1. The van der Waals surface area contributed by atoms with Crippen LogP contribution in [0.15, 0.2) is 52.3 Å². The Hall–Kier alpha value is -1.28. The summed E-state index contributed by atoms with van der Waals surface area (Å²) in [5.74, 6) is 0.530. The van der Waals surface area contributed by atoms with Crippen LogP contribution in [-0.2, 0) is 4.74 Å². The smallest absolute Gasteiger partial charge is 0.0698 e. The molecule has 1 atom stereocenters. The number of anilines is 2. The highest BCUT2D eigenvalue weighted by atomic mass is 35.5. The highest BCUT2D eigenvalue weighted by Crippen LogP contribution is 2.48. The van der Waals surface area contributed by atoms with E-state index in [0.29, 0.717) is 19.1 Å². The normalized spacial score (nSPS) is 18.0. The largest absolute Gasteiger partial charge is 0.394 e. The van der Waals surface area contributed by atoms with Gasteiger partial charge in [0.2, 0.25) is 0 Å². The molecule has 0 aromatic heterocycles. The summed E-state index contributed by atoms with van der Waals surface area (Å²) in [4.78, 5) is 10.1. The molecule has 0 saturated carbocycles. The predicted molar refractivity (Wildman–Crippen MR) is 129 cm³/mol. The number of para-hydroxylation sites is 1. The van der Waals surface area contributed by atoms with Crippen molar-refractivity contribution in [3.05, 3.63) is 47.5 Å². The van der Waals surface area contributed by atoms with Crippen LogP contribution >= 0.6 is 23.4 Å². The summed E-state index contributed by atoms with van der Waals surface area (Å²) in [6.45, 7) is 11.0. The Morgan fingerprint density at radius 1 is 0.968 bits per heavy atom. The third kappa shape index (κ3) is 5.95. The number of fused-ring (bicyclic) bond motifs is 2. The summed E-state index contributed by atoms with van der Waals surface area (Å²) in [5, 5.41) is 9.59. The lowest BCUT2D eigenvalue weighted by atomic mass is 10.1. The maximum atomic E-state index is 8.80. The van der Waals surface area contributed by atoms with Gasteiger partial charge in [-0.3, -0.25) is 4.90 Å². The average Bonchev–Trinajstić information content (AvgIpc) is 2.78. The molecule has 5 nitrogen and oxygen atoms in total. The van der Waals surface area contributed by atoms with E-state index in [1.807, 2.05) is 17.8 Å². The summed E-state index contributed by atoms with van der Waals surface area (Å²) in [5.41, 5.74) is 2.50. The lowest BCUT2D eigenvalue weighted by Gasteiger charge is -2.38. The number of hydrogen-bond acceptors (Lipinski definition) is 6. The zero-order valence-electron chi connectivity index (χ0n) is 18.2. The van der Waals surface area contributed by atoms with Crippen LogP contribution in [0.5, 0.6) is 0 Å². The molecular weight excluding hydrogens is 430 g/mol. The lowest BCUT2D eigenvalue weighted by Crippen LogP contribution is -2.49. The maximum absolute atomic E-state index is 8.80. The van der Waals surface area contributed by atoms with Crippen molar-refractivity contribution in [3.8, 4) is 0 Å². The van der Waals surface area contributed by atoms with Gasteiger partial charge in [-0.1, -0.05) is 42.4 Å². The van der Waals surface area contributed by atoms with E-state index in [1.165, 1.54) is 21.2 Å². The number of aliphatic hydroxyl groups is 1. The molecule has 0 spiro atoms. The van der Waals surface area contributed by atoms with Crippen LogP contribution in [-0.4, -0.2) is 80.5 Å². The third-order valence-electron chi connectivity index (χ3n) is 5.90. The van der Waals surface area contributed by atoms with Gasteiger partial charge in [-0.05, 0) is 36.2 Å². The van der Waals surface area contributed by atoms with Crippen molar-refractivity contribution in [2.24, 2.45) is 5.92 Å². The van der Waals surface area contributed by atoms with E-state index in [0.717, 1.165) is 50.8 Å². The van der Waals surface area contributed by atoms with Crippen LogP contribution in [0.1, 0.15) is 6.92 Å². The van der Waals surface area contributed by atoms with Gasteiger partial charge in [0.1, 0.15) is 0 Å². The Morgan fingerprint density at radius 3 is 2.52 bits per heavy atom. The second-order valence-corrected chi connectivity index (χ2v) is 9.90. The van der Waals surface area contributed by atoms with Crippen molar-refractivity contribution >= 4 is 34.7 Å². The molecule has 7 heteroatoms. The lowest BCUT2D eigenvalue weighted by molar-refractivity contribution is 0.0555. The minimum atomic E-state index is 0.0997. The predicted octanol–water partition coefficient (Wildman–Crippen LogP) is 4.21. The molecule has 0 radical (unpaired) electrons. The van der Waals surface area contributed by atoms with E-state index in [2.05, 4.69) is 58.0 Å². The molecule has 2 aromatic carbocycles. The Bertz CT molecular complexity index is 860. The quantitative estimate of drug-likeness (QED) is 0.564. The molecule has 1 saturated heterocycles. The van der Waals surface area contributed by atoms with Crippen molar-refractivity contribution < 1.29 is 9.84 Å². The molecule has 1 unspecified atom stereocenters. The molecule has 1 N–H and O–H groups in total. The fourth-order valence-corrected chi connectivity index (χ4v) is 5.61. The third-order valence-corrected chi connectivity index (χ3v) is 7.27. The van der Waals surface area contributed by atoms with Crippen molar-refractivity contribution in [2.75, 3.05) is 70.5 Å². The van der Waals surface area contributed by atoms with Crippen LogP contribution in [0.3, 0.4) is 0 Å². The molecule has 0 amide bonds. The summed E-state index contributed by atoms with van der Waals surface area (Å²) in [6, 6.07) is 14.9. The second-order valence-electron chi connectivity index (χ2n) is 8.38. The van der Waals surface area contributed by atoms with Gasteiger partial charge in [-0.2, -0.15) is 0 Å². The van der Waals surface area contributed by atoms with E-state index in [9.17, 15) is 0 Å². The number of halogens is 1. The zero-order valence-corrected chi connectivity index (χ0v) is 19.7. The highest BCUT2D eigenvalue weighted by Gasteiger charge is 2.26. The number of rotatable bonds is 9. The minimum Gasteiger partial charge on any atom is -0.394 e. The summed E-state index contributed by atoms with van der Waals surface area (Å²) >= 11 is 8.19. The van der Waals surface area contributed by atoms with E-state index in [-0.39, 0.29) is 6.61 Å². The van der Waals surface area contributed by atoms with Crippen LogP contribution < -0.4 is 4.90 Å². The Labute approximate surface area is 194 Å². The van der Waals surface area contributed by atoms with Gasteiger partial charge in [0.05, 0.1) is 31.2 Å².